The van der Waals surface area contributed by atoms with E-state index in [-0.39, 0.29) is 0 Å². The summed E-state index contributed by atoms with van der Waals surface area (Å²) in [6.45, 7) is 6.26. The van der Waals surface area contributed by atoms with Crippen LogP contribution in [0.1, 0.15) is 44.5 Å². The average molecular weight is 750 g/mol. The average Bonchev–Trinajstić information content (AvgIpc) is 4.20. The molecule has 1 aromatic heterocycles. The van der Waals surface area contributed by atoms with E-state index in [1.54, 1.807) is 0 Å². The number of hydrogen-bond acceptors (Lipinski definition) is 2. The van der Waals surface area contributed by atoms with Crippen LogP contribution in [0.15, 0.2) is 164 Å². The summed E-state index contributed by atoms with van der Waals surface area (Å²) >= 11 is 0. The fourth-order valence-electron chi connectivity index (χ4n) is 10.2. The van der Waals surface area contributed by atoms with Crippen molar-refractivity contribution in [2.45, 2.75) is 44.3 Å². The zero-order valence-corrected chi connectivity index (χ0v) is 32.8. The van der Waals surface area contributed by atoms with E-state index in [2.05, 4.69) is 182 Å². The molecule has 2 aliphatic heterocycles. The Labute approximate surface area is 339 Å². The number of para-hydroxylation sites is 1. The summed E-state index contributed by atoms with van der Waals surface area (Å²) in [5.74, 6) is 0. The van der Waals surface area contributed by atoms with Crippen LogP contribution in [0.3, 0.4) is 0 Å². The Morgan fingerprint density at radius 1 is 0.534 bits per heavy atom. The molecule has 58 heavy (non-hydrogen) atoms. The van der Waals surface area contributed by atoms with Gasteiger partial charge in [-0.15, -0.1) is 0 Å². The van der Waals surface area contributed by atoms with Gasteiger partial charge in [-0.3, -0.25) is 0 Å². The first-order valence-electron chi connectivity index (χ1n) is 20.7. The van der Waals surface area contributed by atoms with Gasteiger partial charge in [0, 0.05) is 34.7 Å². The number of rotatable bonds is 8. The van der Waals surface area contributed by atoms with E-state index in [0.29, 0.717) is 12.2 Å². The first kappa shape index (κ1) is 33.8. The molecule has 0 N–H and O–H groups in total. The predicted molar refractivity (Wildman–Crippen MR) is 237 cm³/mol. The molecule has 280 valence electrons. The van der Waals surface area contributed by atoms with Crippen LogP contribution < -0.4 is 0 Å². The quantitative estimate of drug-likeness (QED) is 0.145. The third-order valence-corrected chi connectivity index (χ3v) is 13.1. The van der Waals surface area contributed by atoms with Crippen molar-refractivity contribution in [1.82, 2.24) is 4.57 Å². The zero-order chi connectivity index (χ0) is 38.5. The lowest BCUT2D eigenvalue weighted by atomic mass is 9.67. The highest BCUT2D eigenvalue weighted by molar-refractivity contribution is 6.19. The Morgan fingerprint density at radius 3 is 1.88 bits per heavy atom. The molecule has 3 aliphatic rings. The normalized spacial score (nSPS) is 19.1. The van der Waals surface area contributed by atoms with E-state index in [0.717, 1.165) is 26.1 Å². The van der Waals surface area contributed by atoms with Gasteiger partial charge in [0.15, 0.2) is 0 Å². The van der Waals surface area contributed by atoms with Gasteiger partial charge in [0.2, 0.25) is 0 Å². The summed E-state index contributed by atoms with van der Waals surface area (Å²) < 4.78 is 13.7. The molecule has 0 bridgehead atoms. The van der Waals surface area contributed by atoms with Crippen LogP contribution in [0, 0.1) is 13.8 Å². The highest BCUT2D eigenvalue weighted by Crippen LogP contribution is 2.57. The van der Waals surface area contributed by atoms with E-state index in [1.165, 1.54) is 105 Å². The van der Waals surface area contributed by atoms with Gasteiger partial charge in [-0.2, -0.15) is 0 Å². The lowest BCUT2D eigenvalue weighted by Crippen LogP contribution is -2.29. The van der Waals surface area contributed by atoms with E-state index >= 15 is 0 Å². The van der Waals surface area contributed by atoms with Crippen LogP contribution in [0.5, 0.6) is 0 Å². The molecule has 0 spiro atoms. The van der Waals surface area contributed by atoms with Crippen molar-refractivity contribution in [2.75, 3.05) is 13.2 Å². The second-order valence-corrected chi connectivity index (χ2v) is 16.8. The minimum Gasteiger partial charge on any atom is -0.373 e. The molecule has 0 saturated carbocycles. The molecular formula is C55H43NO2. The number of aryl methyl sites for hydroxylation is 2. The first-order valence-corrected chi connectivity index (χ1v) is 20.7. The molecule has 2 fully saturated rings. The molecule has 0 amide bonds. The van der Waals surface area contributed by atoms with Crippen molar-refractivity contribution >= 4 is 32.6 Å². The lowest BCUT2D eigenvalue weighted by molar-refractivity contribution is 0.407. The minimum atomic E-state index is -0.475. The van der Waals surface area contributed by atoms with Crippen LogP contribution in [0.4, 0.5) is 0 Å². The highest BCUT2D eigenvalue weighted by Gasteiger charge is 2.46. The Hall–Kier alpha value is -6.26. The standard InChI is InChI=1S/C55H43NO2/c1-34-12-23-46-49-31-48(39-18-25-53-50(30-39)47-24-17-38-8-6-7-11-45(38)54(47)56(53)42-9-4-3-5-10-42)35(2)27-52(49)55(51(46)26-34,40-19-13-36(14-20-40)28-43-32-57-43)41-21-15-37(16-22-41)29-44-33-58-44/h3-27,30-31,43-44H,28-29,32-33H2,1-2H3. The van der Waals surface area contributed by atoms with Crippen molar-refractivity contribution < 1.29 is 9.47 Å². The zero-order valence-electron chi connectivity index (χ0n) is 32.8. The Kier molecular flexibility index (Phi) is 7.51. The van der Waals surface area contributed by atoms with Gasteiger partial charge in [0.25, 0.3) is 0 Å². The number of aromatic nitrogens is 1. The lowest BCUT2D eigenvalue weighted by Gasteiger charge is -2.34. The molecule has 2 unspecified atom stereocenters. The first-order chi connectivity index (χ1) is 28.5. The molecule has 2 atom stereocenters. The number of ether oxygens (including phenoxy) is 2. The summed E-state index contributed by atoms with van der Waals surface area (Å²) in [7, 11) is 0. The van der Waals surface area contributed by atoms with Crippen LogP contribution in [-0.2, 0) is 27.7 Å². The molecule has 3 heterocycles. The van der Waals surface area contributed by atoms with E-state index in [1.807, 2.05) is 0 Å². The molecule has 0 radical (unpaired) electrons. The van der Waals surface area contributed by atoms with E-state index in [4.69, 9.17) is 9.47 Å². The summed E-state index contributed by atoms with van der Waals surface area (Å²) in [6, 6.07) is 62.2. The molecule has 1 aliphatic carbocycles. The van der Waals surface area contributed by atoms with Gasteiger partial charge in [0.1, 0.15) is 0 Å². The van der Waals surface area contributed by atoms with Crippen molar-refractivity contribution in [2.24, 2.45) is 0 Å². The SMILES string of the molecule is Cc1ccc2c(c1)C(c1ccc(CC3CO3)cc1)(c1ccc(CC3CO3)cc1)c1cc(C)c(-c3ccc4c(c3)c3ccc5ccccc5c3n4-c3ccccc3)cc1-2. The fourth-order valence-corrected chi connectivity index (χ4v) is 10.2. The molecule has 9 aromatic rings. The Balaban J connectivity index is 1.07. The maximum atomic E-state index is 5.61. The number of fused-ring (bicyclic) bond motifs is 8. The van der Waals surface area contributed by atoms with Gasteiger partial charge in [-0.05, 0) is 111 Å². The smallest absolute Gasteiger partial charge is 0.0850 e. The van der Waals surface area contributed by atoms with Crippen molar-refractivity contribution in [3.63, 3.8) is 0 Å². The summed E-state index contributed by atoms with van der Waals surface area (Å²) in [5, 5.41) is 5.05. The fraction of sp³-hybridized carbons (Fsp3) is 0.164. The van der Waals surface area contributed by atoms with Crippen LogP contribution >= 0.6 is 0 Å². The van der Waals surface area contributed by atoms with Crippen LogP contribution in [0.25, 0.3) is 60.5 Å². The molecule has 3 nitrogen and oxygen atoms in total. The molecule has 8 aromatic carbocycles. The number of nitrogens with zero attached hydrogens (tertiary/aromatic N) is 1. The van der Waals surface area contributed by atoms with Gasteiger partial charge >= 0.3 is 0 Å². The topological polar surface area (TPSA) is 30.0 Å². The second-order valence-electron chi connectivity index (χ2n) is 16.8. The molecular weight excluding hydrogens is 707 g/mol. The van der Waals surface area contributed by atoms with Gasteiger partial charge in [0.05, 0.1) is 41.9 Å². The largest absolute Gasteiger partial charge is 0.373 e. The molecule has 2 saturated heterocycles. The second kappa shape index (κ2) is 12.9. The van der Waals surface area contributed by atoms with E-state index < -0.39 is 5.41 Å². The number of epoxide rings is 2. The number of hydrogen-bond donors (Lipinski definition) is 0. The third kappa shape index (κ3) is 5.27. The van der Waals surface area contributed by atoms with Crippen LogP contribution in [-0.4, -0.2) is 30.0 Å². The van der Waals surface area contributed by atoms with Gasteiger partial charge < -0.3 is 14.0 Å². The molecule has 3 heteroatoms. The predicted octanol–water partition coefficient (Wildman–Crippen LogP) is 12.5. The Morgan fingerprint density at radius 2 is 1.19 bits per heavy atom. The molecule has 12 rings (SSSR count). The van der Waals surface area contributed by atoms with Crippen molar-refractivity contribution in [3.8, 4) is 27.9 Å². The maximum absolute atomic E-state index is 5.61. The summed E-state index contributed by atoms with van der Waals surface area (Å²) in [5.41, 5.74) is 18.8. The van der Waals surface area contributed by atoms with E-state index in [9.17, 15) is 0 Å². The minimum absolute atomic E-state index is 0.355. The number of benzene rings is 8. The summed E-state index contributed by atoms with van der Waals surface area (Å²) in [6.07, 6.45) is 2.63. The highest BCUT2D eigenvalue weighted by atomic mass is 16.6. The third-order valence-electron chi connectivity index (χ3n) is 13.1. The van der Waals surface area contributed by atoms with Crippen molar-refractivity contribution in [3.05, 3.63) is 208 Å². The van der Waals surface area contributed by atoms with Gasteiger partial charge in [-0.1, -0.05) is 139 Å². The summed E-state index contributed by atoms with van der Waals surface area (Å²) in [4.78, 5) is 0. The monoisotopic (exact) mass is 749 g/mol. The van der Waals surface area contributed by atoms with Crippen LogP contribution in [0.2, 0.25) is 0 Å². The van der Waals surface area contributed by atoms with Gasteiger partial charge in [-0.25, -0.2) is 0 Å². The van der Waals surface area contributed by atoms with Crippen molar-refractivity contribution in [1.29, 1.82) is 0 Å². The Bertz CT molecular complexity index is 3020. The maximum Gasteiger partial charge on any atom is 0.0850 e.